The van der Waals surface area contributed by atoms with Crippen molar-refractivity contribution < 1.29 is 19.4 Å². The molecule has 1 saturated heterocycles. The molecule has 0 saturated carbocycles. The summed E-state index contributed by atoms with van der Waals surface area (Å²) in [6.07, 6.45) is -0.842. The fraction of sp³-hybridized carbons (Fsp3) is 0.308. The van der Waals surface area contributed by atoms with Crippen molar-refractivity contribution in [2.24, 2.45) is 0 Å². The highest BCUT2D eigenvalue weighted by Gasteiger charge is 2.34. The molecular formula is C13H12N2O4S. The van der Waals surface area contributed by atoms with Crippen molar-refractivity contribution in [1.82, 2.24) is 4.98 Å². The number of aliphatic carboxylic acids is 1. The Morgan fingerprint density at radius 2 is 2.05 bits per heavy atom. The molecular weight excluding hydrogens is 280 g/mol. The summed E-state index contributed by atoms with van der Waals surface area (Å²) < 4.78 is 6.18. The van der Waals surface area contributed by atoms with Crippen molar-refractivity contribution >= 4 is 38.6 Å². The molecule has 0 bridgehead atoms. The van der Waals surface area contributed by atoms with Crippen molar-refractivity contribution in [3.63, 3.8) is 0 Å². The number of aromatic nitrogens is 1. The fourth-order valence-corrected chi connectivity index (χ4v) is 2.99. The maximum Gasteiger partial charge on any atom is 0.332 e. The first-order chi connectivity index (χ1) is 9.63. The number of thiazole rings is 1. The van der Waals surface area contributed by atoms with Crippen molar-refractivity contribution in [2.45, 2.75) is 25.0 Å². The maximum absolute atomic E-state index is 12.0. The Morgan fingerprint density at radius 1 is 1.30 bits per heavy atom. The Balaban J connectivity index is 1.68. The van der Waals surface area contributed by atoms with Crippen LogP contribution in [0.5, 0.6) is 0 Å². The SMILES string of the molecule is O=C(O)C1CCC(C(=O)Nc2nc3ccccc3s2)O1. The van der Waals surface area contributed by atoms with E-state index in [9.17, 15) is 9.59 Å². The van der Waals surface area contributed by atoms with Crippen LogP contribution in [-0.2, 0) is 14.3 Å². The number of carboxylic acid groups (broad SMARTS) is 1. The molecule has 1 aliphatic rings. The lowest BCUT2D eigenvalue weighted by Crippen LogP contribution is -2.29. The Hall–Kier alpha value is -1.99. The van der Waals surface area contributed by atoms with Gasteiger partial charge in [-0.1, -0.05) is 23.5 Å². The third-order valence-electron chi connectivity index (χ3n) is 3.11. The largest absolute Gasteiger partial charge is 0.479 e. The van der Waals surface area contributed by atoms with Crippen LogP contribution >= 0.6 is 11.3 Å². The summed E-state index contributed by atoms with van der Waals surface area (Å²) in [5, 5.41) is 12.0. The van der Waals surface area contributed by atoms with Gasteiger partial charge in [0.1, 0.15) is 6.10 Å². The summed E-state index contributed by atoms with van der Waals surface area (Å²) in [6, 6.07) is 7.58. The van der Waals surface area contributed by atoms with E-state index in [1.807, 2.05) is 24.3 Å². The molecule has 3 rings (SSSR count). The van der Waals surface area contributed by atoms with Crippen LogP contribution in [0.25, 0.3) is 10.2 Å². The molecule has 20 heavy (non-hydrogen) atoms. The quantitative estimate of drug-likeness (QED) is 0.901. The molecule has 1 aromatic carbocycles. The molecule has 2 heterocycles. The first-order valence-electron chi connectivity index (χ1n) is 6.18. The summed E-state index contributed by atoms with van der Waals surface area (Å²) in [6.45, 7) is 0. The third-order valence-corrected chi connectivity index (χ3v) is 4.06. The number of carbonyl (C=O) groups is 2. The molecule has 0 aliphatic carbocycles. The van der Waals surface area contributed by atoms with E-state index in [1.165, 1.54) is 11.3 Å². The van der Waals surface area contributed by atoms with Crippen molar-refractivity contribution in [3.05, 3.63) is 24.3 Å². The zero-order valence-electron chi connectivity index (χ0n) is 10.4. The molecule has 7 heteroatoms. The minimum atomic E-state index is -1.03. The molecule has 2 aromatic rings. The van der Waals surface area contributed by atoms with Crippen LogP contribution in [0, 0.1) is 0 Å². The van der Waals surface area contributed by atoms with Gasteiger partial charge < -0.3 is 9.84 Å². The topological polar surface area (TPSA) is 88.5 Å². The number of carboxylic acids is 1. The third kappa shape index (κ3) is 2.50. The lowest BCUT2D eigenvalue weighted by Gasteiger charge is -2.09. The van der Waals surface area contributed by atoms with Crippen LogP contribution in [0.3, 0.4) is 0 Å². The van der Waals surface area contributed by atoms with Gasteiger partial charge >= 0.3 is 5.97 Å². The van der Waals surface area contributed by atoms with E-state index in [4.69, 9.17) is 9.84 Å². The van der Waals surface area contributed by atoms with Gasteiger partial charge in [0.15, 0.2) is 11.2 Å². The summed E-state index contributed by atoms with van der Waals surface area (Å²) in [5.41, 5.74) is 0.823. The van der Waals surface area contributed by atoms with Gasteiger partial charge in [0, 0.05) is 0 Å². The zero-order valence-corrected chi connectivity index (χ0v) is 11.2. The van der Waals surface area contributed by atoms with Crippen molar-refractivity contribution in [3.8, 4) is 0 Å². The van der Waals surface area contributed by atoms with E-state index < -0.39 is 18.2 Å². The monoisotopic (exact) mass is 292 g/mol. The van der Waals surface area contributed by atoms with Gasteiger partial charge in [0.05, 0.1) is 10.2 Å². The number of carbonyl (C=O) groups excluding carboxylic acids is 1. The Morgan fingerprint density at radius 3 is 2.75 bits per heavy atom. The number of anilines is 1. The summed E-state index contributed by atoms with van der Waals surface area (Å²) >= 11 is 1.38. The normalized spacial score (nSPS) is 22.0. The van der Waals surface area contributed by atoms with Crippen LogP contribution in [-0.4, -0.2) is 34.2 Å². The number of nitrogens with one attached hydrogen (secondary N) is 1. The smallest absolute Gasteiger partial charge is 0.332 e. The minimum Gasteiger partial charge on any atom is -0.479 e. The first-order valence-corrected chi connectivity index (χ1v) is 7.00. The minimum absolute atomic E-state index is 0.340. The predicted molar refractivity (Wildman–Crippen MR) is 73.8 cm³/mol. The van der Waals surface area contributed by atoms with E-state index in [0.29, 0.717) is 18.0 Å². The molecule has 1 fully saturated rings. The van der Waals surface area contributed by atoms with Crippen LogP contribution in [0.1, 0.15) is 12.8 Å². The molecule has 2 N–H and O–H groups in total. The lowest BCUT2D eigenvalue weighted by atomic mass is 10.2. The fourth-order valence-electron chi connectivity index (χ4n) is 2.12. The molecule has 104 valence electrons. The molecule has 1 aliphatic heterocycles. The average molecular weight is 292 g/mol. The zero-order chi connectivity index (χ0) is 14.1. The maximum atomic E-state index is 12.0. The molecule has 6 nitrogen and oxygen atoms in total. The van der Waals surface area contributed by atoms with Gasteiger partial charge in [-0.2, -0.15) is 0 Å². The van der Waals surface area contributed by atoms with E-state index in [2.05, 4.69) is 10.3 Å². The van der Waals surface area contributed by atoms with Crippen molar-refractivity contribution in [2.75, 3.05) is 5.32 Å². The number of fused-ring (bicyclic) bond motifs is 1. The summed E-state index contributed by atoms with van der Waals surface area (Å²) in [7, 11) is 0. The van der Waals surface area contributed by atoms with Gasteiger partial charge in [-0.3, -0.25) is 10.1 Å². The van der Waals surface area contributed by atoms with Gasteiger partial charge in [-0.25, -0.2) is 9.78 Å². The van der Waals surface area contributed by atoms with Gasteiger partial charge in [-0.05, 0) is 25.0 Å². The number of amides is 1. The number of benzene rings is 1. The lowest BCUT2D eigenvalue weighted by molar-refractivity contribution is -0.150. The highest BCUT2D eigenvalue weighted by Crippen LogP contribution is 2.27. The van der Waals surface area contributed by atoms with E-state index in [-0.39, 0.29) is 5.91 Å². The number of para-hydroxylation sites is 1. The van der Waals surface area contributed by atoms with E-state index in [1.54, 1.807) is 0 Å². The highest BCUT2D eigenvalue weighted by molar-refractivity contribution is 7.22. The first kappa shape index (κ1) is 13.0. The van der Waals surface area contributed by atoms with Crippen molar-refractivity contribution in [1.29, 1.82) is 0 Å². The van der Waals surface area contributed by atoms with Crippen LogP contribution in [0.2, 0.25) is 0 Å². The molecule has 0 radical (unpaired) electrons. The van der Waals surface area contributed by atoms with Crippen LogP contribution in [0.4, 0.5) is 5.13 Å². The summed E-state index contributed by atoms with van der Waals surface area (Å²) in [5.74, 6) is -1.37. The Labute approximate surface area is 118 Å². The Bertz CT molecular complexity index is 636. The van der Waals surface area contributed by atoms with E-state index >= 15 is 0 Å². The van der Waals surface area contributed by atoms with Gasteiger partial charge in [0.2, 0.25) is 0 Å². The number of nitrogens with zero attached hydrogens (tertiary/aromatic N) is 1. The second-order valence-electron chi connectivity index (χ2n) is 4.50. The molecule has 1 aromatic heterocycles. The second-order valence-corrected chi connectivity index (χ2v) is 5.54. The highest BCUT2D eigenvalue weighted by atomic mass is 32.1. The number of rotatable bonds is 3. The Kier molecular flexibility index (Phi) is 3.37. The standard InChI is InChI=1S/C13H12N2O4S/c16-11(8-5-6-9(19-8)12(17)18)15-13-14-7-3-1-2-4-10(7)20-13/h1-4,8-9H,5-6H2,(H,17,18)(H,14,15,16). The number of hydrogen-bond acceptors (Lipinski definition) is 5. The molecule has 2 atom stereocenters. The average Bonchev–Trinajstić information content (AvgIpc) is 3.04. The molecule has 1 amide bonds. The number of hydrogen-bond donors (Lipinski definition) is 2. The molecule has 0 spiro atoms. The predicted octanol–water partition coefficient (Wildman–Crippen LogP) is 1.87. The van der Waals surface area contributed by atoms with Gasteiger partial charge in [-0.15, -0.1) is 0 Å². The van der Waals surface area contributed by atoms with Gasteiger partial charge in [0.25, 0.3) is 5.91 Å². The van der Waals surface area contributed by atoms with Crippen LogP contribution in [0.15, 0.2) is 24.3 Å². The van der Waals surface area contributed by atoms with E-state index in [0.717, 1.165) is 10.2 Å². The number of ether oxygens (including phenoxy) is 1. The van der Waals surface area contributed by atoms with Crippen LogP contribution < -0.4 is 5.32 Å². The molecule has 2 unspecified atom stereocenters. The second kappa shape index (κ2) is 5.18. The summed E-state index contributed by atoms with van der Waals surface area (Å²) in [4.78, 5) is 27.1.